The van der Waals surface area contributed by atoms with E-state index < -0.39 is 6.09 Å². The van der Waals surface area contributed by atoms with Gasteiger partial charge in [-0.1, -0.05) is 5.16 Å². The normalized spacial score (nSPS) is 9.42. The average molecular weight is 171 g/mol. The van der Waals surface area contributed by atoms with Crippen LogP contribution in [0.2, 0.25) is 0 Å². The van der Waals surface area contributed by atoms with E-state index in [0.29, 0.717) is 12.4 Å². The van der Waals surface area contributed by atoms with Crippen LogP contribution in [0.3, 0.4) is 0 Å². The highest BCUT2D eigenvalue weighted by atomic mass is 16.5. The Kier molecular flexibility index (Phi) is 3.06. The number of hydrogen-bond acceptors (Lipinski definition) is 5. The third kappa shape index (κ3) is 2.57. The molecular formula is C6H9N3O3. The van der Waals surface area contributed by atoms with Crippen molar-refractivity contribution in [3.63, 3.8) is 0 Å². The van der Waals surface area contributed by atoms with Crippen molar-refractivity contribution in [2.45, 2.75) is 13.5 Å². The number of alkyl carbamates (subject to hydrolysis) is 1. The van der Waals surface area contributed by atoms with Gasteiger partial charge in [-0.3, -0.25) is 0 Å². The quantitative estimate of drug-likeness (QED) is 0.708. The predicted molar refractivity (Wildman–Crippen MR) is 38.2 cm³/mol. The number of rotatable bonds is 3. The number of amides is 1. The molecule has 0 bridgehead atoms. The fourth-order valence-electron chi connectivity index (χ4n) is 0.604. The van der Waals surface area contributed by atoms with Crippen LogP contribution in [-0.2, 0) is 11.3 Å². The Balaban J connectivity index is 2.22. The molecule has 6 nitrogen and oxygen atoms in total. The minimum atomic E-state index is -0.484. The molecule has 0 saturated carbocycles. The molecule has 1 aromatic heterocycles. The number of nitrogens with zero attached hydrogens (tertiary/aromatic N) is 2. The van der Waals surface area contributed by atoms with E-state index in [1.807, 2.05) is 0 Å². The Morgan fingerprint density at radius 1 is 1.83 bits per heavy atom. The van der Waals surface area contributed by atoms with Crippen LogP contribution >= 0.6 is 0 Å². The van der Waals surface area contributed by atoms with E-state index in [4.69, 9.17) is 0 Å². The van der Waals surface area contributed by atoms with Gasteiger partial charge in [0.2, 0.25) is 6.39 Å². The molecule has 1 amide bonds. The summed E-state index contributed by atoms with van der Waals surface area (Å²) in [6.07, 6.45) is 0.713. The van der Waals surface area contributed by atoms with Gasteiger partial charge in [-0.05, 0) is 6.92 Å². The number of hydrogen-bond donors (Lipinski definition) is 1. The molecule has 0 aliphatic rings. The summed E-state index contributed by atoms with van der Waals surface area (Å²) in [5, 5.41) is 5.93. The number of carbonyl (C=O) groups excluding carboxylic acids is 1. The van der Waals surface area contributed by atoms with Gasteiger partial charge >= 0.3 is 6.09 Å². The monoisotopic (exact) mass is 171 g/mol. The average Bonchev–Trinajstić information content (AvgIpc) is 2.53. The van der Waals surface area contributed by atoms with Crippen molar-refractivity contribution in [3.8, 4) is 0 Å². The van der Waals surface area contributed by atoms with E-state index in [9.17, 15) is 4.79 Å². The Labute approximate surface area is 68.9 Å². The smallest absolute Gasteiger partial charge is 0.407 e. The molecular weight excluding hydrogens is 162 g/mol. The van der Waals surface area contributed by atoms with E-state index >= 15 is 0 Å². The van der Waals surface area contributed by atoms with Gasteiger partial charge in [0.25, 0.3) is 0 Å². The molecule has 0 aromatic carbocycles. The third-order valence-corrected chi connectivity index (χ3v) is 1.07. The molecule has 1 N–H and O–H groups in total. The summed E-state index contributed by atoms with van der Waals surface area (Å²) in [5.74, 6) is 0.419. The molecule has 0 fully saturated rings. The van der Waals surface area contributed by atoms with Gasteiger partial charge in [0, 0.05) is 0 Å². The van der Waals surface area contributed by atoms with Gasteiger partial charge in [-0.2, -0.15) is 4.98 Å². The van der Waals surface area contributed by atoms with E-state index in [1.165, 1.54) is 6.39 Å². The molecule has 0 spiro atoms. The molecule has 66 valence electrons. The maximum atomic E-state index is 10.7. The lowest BCUT2D eigenvalue weighted by atomic mass is 10.6. The lowest BCUT2D eigenvalue weighted by Gasteiger charge is -2.00. The molecule has 1 aromatic rings. The Morgan fingerprint density at radius 2 is 2.67 bits per heavy atom. The first kappa shape index (κ1) is 8.51. The van der Waals surface area contributed by atoms with Crippen LogP contribution < -0.4 is 5.32 Å². The third-order valence-electron chi connectivity index (χ3n) is 1.07. The van der Waals surface area contributed by atoms with Gasteiger partial charge < -0.3 is 14.6 Å². The molecule has 0 aliphatic carbocycles. The largest absolute Gasteiger partial charge is 0.450 e. The zero-order chi connectivity index (χ0) is 8.81. The summed E-state index contributed by atoms with van der Waals surface area (Å²) >= 11 is 0. The summed E-state index contributed by atoms with van der Waals surface area (Å²) in [6.45, 7) is 2.29. The number of carbonyl (C=O) groups is 1. The number of nitrogens with one attached hydrogen (secondary N) is 1. The SMILES string of the molecule is CCOC(=O)NCc1ncon1. The lowest BCUT2D eigenvalue weighted by Crippen LogP contribution is -2.24. The first-order valence-corrected chi connectivity index (χ1v) is 3.48. The maximum absolute atomic E-state index is 10.7. The van der Waals surface area contributed by atoms with Gasteiger partial charge in [-0.15, -0.1) is 0 Å². The Hall–Kier alpha value is -1.59. The first-order valence-electron chi connectivity index (χ1n) is 3.48. The Morgan fingerprint density at radius 3 is 3.25 bits per heavy atom. The van der Waals surface area contributed by atoms with Crippen molar-refractivity contribution in [3.05, 3.63) is 12.2 Å². The van der Waals surface area contributed by atoms with Crippen LogP contribution in [0.25, 0.3) is 0 Å². The number of ether oxygens (including phenoxy) is 1. The highest BCUT2D eigenvalue weighted by Crippen LogP contribution is 1.87. The van der Waals surface area contributed by atoms with Gasteiger partial charge in [-0.25, -0.2) is 4.79 Å². The molecule has 12 heavy (non-hydrogen) atoms. The van der Waals surface area contributed by atoms with Crippen molar-refractivity contribution in [1.29, 1.82) is 0 Å². The van der Waals surface area contributed by atoms with Gasteiger partial charge in [0.05, 0.1) is 13.2 Å². The zero-order valence-corrected chi connectivity index (χ0v) is 6.61. The van der Waals surface area contributed by atoms with Crippen LogP contribution in [0.1, 0.15) is 12.7 Å². The van der Waals surface area contributed by atoms with Crippen LogP contribution in [0.5, 0.6) is 0 Å². The topological polar surface area (TPSA) is 77.2 Å². The van der Waals surface area contributed by atoms with E-state index in [0.717, 1.165) is 0 Å². The highest BCUT2D eigenvalue weighted by molar-refractivity contribution is 5.66. The van der Waals surface area contributed by atoms with Crippen molar-refractivity contribution in [1.82, 2.24) is 15.5 Å². The van der Waals surface area contributed by atoms with Crippen LogP contribution in [0, 0.1) is 0 Å². The van der Waals surface area contributed by atoms with E-state index in [1.54, 1.807) is 6.92 Å². The summed E-state index contributed by atoms with van der Waals surface area (Å²) < 4.78 is 9.06. The van der Waals surface area contributed by atoms with Crippen molar-refractivity contribution < 1.29 is 14.1 Å². The van der Waals surface area contributed by atoms with E-state index in [2.05, 4.69) is 24.7 Å². The second-order valence-corrected chi connectivity index (χ2v) is 1.92. The van der Waals surface area contributed by atoms with Crippen molar-refractivity contribution >= 4 is 6.09 Å². The molecule has 1 rings (SSSR count). The molecule has 6 heteroatoms. The van der Waals surface area contributed by atoms with Gasteiger partial charge in [0.1, 0.15) is 0 Å². The first-order chi connectivity index (χ1) is 5.83. The molecule has 0 aliphatic heterocycles. The summed E-state index contributed by atoms with van der Waals surface area (Å²) in [4.78, 5) is 14.4. The van der Waals surface area contributed by atoms with Gasteiger partial charge in [0.15, 0.2) is 5.82 Å². The maximum Gasteiger partial charge on any atom is 0.407 e. The molecule has 1 heterocycles. The minimum absolute atomic E-state index is 0.218. The molecule has 0 saturated heterocycles. The van der Waals surface area contributed by atoms with Crippen LogP contribution in [-0.4, -0.2) is 22.8 Å². The zero-order valence-electron chi connectivity index (χ0n) is 6.61. The van der Waals surface area contributed by atoms with Crippen molar-refractivity contribution in [2.24, 2.45) is 0 Å². The summed E-state index contributed by atoms with van der Waals surface area (Å²) in [5.41, 5.74) is 0. The standard InChI is InChI=1S/C6H9N3O3/c1-2-11-6(10)7-3-5-8-4-12-9-5/h4H,2-3H2,1H3,(H,7,10). The lowest BCUT2D eigenvalue weighted by molar-refractivity contribution is 0.151. The van der Waals surface area contributed by atoms with Crippen LogP contribution in [0.4, 0.5) is 4.79 Å². The molecule has 0 radical (unpaired) electrons. The number of aromatic nitrogens is 2. The minimum Gasteiger partial charge on any atom is -0.450 e. The molecule has 0 unspecified atom stereocenters. The highest BCUT2D eigenvalue weighted by Gasteiger charge is 2.02. The fourth-order valence-corrected chi connectivity index (χ4v) is 0.604. The van der Waals surface area contributed by atoms with E-state index in [-0.39, 0.29) is 6.54 Å². The Bertz CT molecular complexity index is 234. The fraction of sp³-hybridized carbons (Fsp3) is 0.500. The molecule has 0 atom stereocenters. The summed E-state index contributed by atoms with van der Waals surface area (Å²) in [7, 11) is 0. The predicted octanol–water partition coefficient (Wildman–Crippen LogP) is 0.316. The van der Waals surface area contributed by atoms with Crippen LogP contribution in [0.15, 0.2) is 10.9 Å². The second kappa shape index (κ2) is 4.32. The van der Waals surface area contributed by atoms with Crippen molar-refractivity contribution in [2.75, 3.05) is 6.61 Å². The summed E-state index contributed by atoms with van der Waals surface area (Å²) in [6, 6.07) is 0. The second-order valence-electron chi connectivity index (χ2n) is 1.92.